The summed E-state index contributed by atoms with van der Waals surface area (Å²) < 4.78 is 6.13. The maximum absolute atomic E-state index is 14.0. The van der Waals surface area contributed by atoms with E-state index in [9.17, 15) is 14.9 Å². The van der Waals surface area contributed by atoms with Crippen LogP contribution in [0.15, 0.2) is 89.5 Å². The minimum Gasteiger partial charge on any atom is -0.468 e. The fraction of sp³-hybridized carbons (Fsp3) is 0.179. The van der Waals surface area contributed by atoms with E-state index in [0.717, 1.165) is 21.2 Å². The number of nitrogens with zero attached hydrogens (tertiary/aromatic N) is 2. The fourth-order valence-corrected chi connectivity index (χ4v) is 5.67. The number of esters is 1. The summed E-state index contributed by atoms with van der Waals surface area (Å²) in [5.41, 5.74) is 1.35. The Hall–Kier alpha value is -3.69. The monoisotopic (exact) mass is 512 g/mol. The van der Waals surface area contributed by atoms with Gasteiger partial charge in [0, 0.05) is 22.2 Å². The van der Waals surface area contributed by atoms with Crippen molar-refractivity contribution < 1.29 is 14.3 Å². The molecule has 0 aromatic heterocycles. The molecule has 0 bridgehead atoms. The molecule has 0 saturated carbocycles. The molecule has 2 aliphatic heterocycles. The summed E-state index contributed by atoms with van der Waals surface area (Å²) >= 11 is 3.46. The van der Waals surface area contributed by atoms with Gasteiger partial charge in [-0.3, -0.25) is 9.59 Å². The van der Waals surface area contributed by atoms with Crippen LogP contribution in [0.25, 0.3) is 6.08 Å². The topological polar surface area (TPSA) is 70.4 Å². The van der Waals surface area contributed by atoms with Gasteiger partial charge in [0.2, 0.25) is 0 Å². The Morgan fingerprint density at radius 3 is 2.35 bits per heavy atom. The average molecular weight is 513 g/mol. The van der Waals surface area contributed by atoms with Crippen LogP contribution in [-0.2, 0) is 9.53 Å². The van der Waals surface area contributed by atoms with Crippen LogP contribution >= 0.6 is 15.9 Å². The summed E-state index contributed by atoms with van der Waals surface area (Å²) in [7, 11) is 1.29. The van der Waals surface area contributed by atoms with Gasteiger partial charge in [-0.25, -0.2) is 0 Å². The lowest BCUT2D eigenvalue weighted by Gasteiger charge is -2.36. The number of carbonyl (C=O) groups is 2. The van der Waals surface area contributed by atoms with Gasteiger partial charge < -0.3 is 9.64 Å². The highest BCUT2D eigenvalue weighted by Gasteiger charge is 2.67. The van der Waals surface area contributed by atoms with Crippen LogP contribution in [0.1, 0.15) is 39.0 Å². The number of carbonyl (C=O) groups excluding carboxylic acids is 2. The van der Waals surface area contributed by atoms with Crippen LogP contribution in [0, 0.1) is 16.7 Å². The highest BCUT2D eigenvalue weighted by molar-refractivity contribution is 9.10. The van der Waals surface area contributed by atoms with Crippen LogP contribution in [0.4, 0.5) is 0 Å². The van der Waals surface area contributed by atoms with Crippen LogP contribution in [-0.4, -0.2) is 29.8 Å². The first-order valence-corrected chi connectivity index (χ1v) is 11.7. The SMILES string of the molecule is COC(=O)[C@]1(C#N)[C@H](c2ccc(Br)cc2)[C@@H](C(=O)c2ccccc2)N2C=Cc3ccccc3[C@H]21. The molecule has 3 aromatic rings. The maximum atomic E-state index is 14.0. The number of halogens is 1. The number of hydrogen-bond donors (Lipinski definition) is 0. The fourth-order valence-electron chi connectivity index (χ4n) is 5.41. The minimum atomic E-state index is -1.64. The van der Waals surface area contributed by atoms with Gasteiger partial charge in [0.25, 0.3) is 0 Å². The first-order chi connectivity index (χ1) is 16.5. The highest BCUT2D eigenvalue weighted by Crippen LogP contribution is 2.60. The maximum Gasteiger partial charge on any atom is 0.329 e. The van der Waals surface area contributed by atoms with Crippen molar-refractivity contribution in [2.24, 2.45) is 5.41 Å². The molecule has 5 rings (SSSR count). The van der Waals surface area contributed by atoms with E-state index in [1.54, 1.807) is 12.1 Å². The molecule has 2 aliphatic rings. The van der Waals surface area contributed by atoms with Crippen LogP contribution in [0.3, 0.4) is 0 Å². The van der Waals surface area contributed by atoms with E-state index >= 15 is 0 Å². The summed E-state index contributed by atoms with van der Waals surface area (Å²) in [4.78, 5) is 29.5. The lowest BCUT2D eigenvalue weighted by molar-refractivity contribution is -0.151. The largest absolute Gasteiger partial charge is 0.468 e. The molecule has 0 N–H and O–H groups in total. The number of methoxy groups -OCH3 is 1. The second-order valence-corrected chi connectivity index (χ2v) is 9.39. The normalized spacial score (nSPS) is 24.6. The van der Waals surface area contributed by atoms with Gasteiger partial charge in [0.15, 0.2) is 11.2 Å². The third kappa shape index (κ3) is 3.19. The smallest absolute Gasteiger partial charge is 0.329 e. The van der Waals surface area contributed by atoms with E-state index < -0.39 is 29.4 Å². The Morgan fingerprint density at radius 1 is 1.00 bits per heavy atom. The van der Waals surface area contributed by atoms with E-state index in [0.29, 0.717) is 5.56 Å². The van der Waals surface area contributed by atoms with E-state index in [1.165, 1.54) is 7.11 Å². The molecule has 2 heterocycles. The van der Waals surface area contributed by atoms with Gasteiger partial charge in [-0.2, -0.15) is 5.26 Å². The molecule has 0 amide bonds. The predicted molar refractivity (Wildman–Crippen MR) is 132 cm³/mol. The molecule has 1 saturated heterocycles. The predicted octanol–water partition coefficient (Wildman–Crippen LogP) is 5.51. The molecule has 34 heavy (non-hydrogen) atoms. The number of hydrogen-bond acceptors (Lipinski definition) is 5. The molecular formula is C28H21BrN2O3. The Bertz CT molecular complexity index is 1330. The van der Waals surface area contributed by atoms with Crippen LogP contribution in [0.2, 0.25) is 0 Å². The van der Waals surface area contributed by atoms with Gasteiger partial charge in [-0.15, -0.1) is 0 Å². The van der Waals surface area contributed by atoms with E-state index in [2.05, 4.69) is 22.0 Å². The van der Waals surface area contributed by atoms with Crippen molar-refractivity contribution in [3.05, 3.63) is 112 Å². The van der Waals surface area contributed by atoms with Gasteiger partial charge >= 0.3 is 5.97 Å². The van der Waals surface area contributed by atoms with Gasteiger partial charge in [-0.1, -0.05) is 82.7 Å². The molecule has 5 nitrogen and oxygen atoms in total. The second-order valence-electron chi connectivity index (χ2n) is 8.47. The van der Waals surface area contributed by atoms with Crippen LogP contribution in [0.5, 0.6) is 0 Å². The number of Topliss-reactive ketones (excluding diaryl/α,β-unsaturated/α-hetero) is 1. The first kappa shape index (κ1) is 22.1. The second kappa shape index (κ2) is 8.58. The molecule has 0 radical (unpaired) electrons. The zero-order valence-corrected chi connectivity index (χ0v) is 20.0. The molecule has 1 fully saturated rings. The average Bonchev–Trinajstić information content (AvgIpc) is 3.20. The number of fused-ring (bicyclic) bond motifs is 3. The molecule has 6 heteroatoms. The summed E-state index contributed by atoms with van der Waals surface area (Å²) in [6, 6.07) is 25.0. The Labute approximate surface area is 206 Å². The number of benzene rings is 3. The third-order valence-corrected chi connectivity index (χ3v) is 7.37. The molecular weight excluding hydrogens is 492 g/mol. The van der Waals surface area contributed by atoms with Crippen molar-refractivity contribution in [1.29, 1.82) is 5.26 Å². The van der Waals surface area contributed by atoms with E-state index in [-0.39, 0.29) is 5.78 Å². The van der Waals surface area contributed by atoms with E-state index in [4.69, 9.17) is 4.74 Å². The Morgan fingerprint density at radius 2 is 1.68 bits per heavy atom. The minimum absolute atomic E-state index is 0.149. The number of ether oxygens (including phenoxy) is 1. The molecule has 3 aromatic carbocycles. The summed E-state index contributed by atoms with van der Waals surface area (Å²) in [6.45, 7) is 0. The molecule has 4 atom stereocenters. The summed E-state index contributed by atoms with van der Waals surface area (Å²) in [5, 5.41) is 10.7. The summed E-state index contributed by atoms with van der Waals surface area (Å²) in [5.74, 6) is -1.55. The standard InChI is InChI=1S/C28H21BrN2O3/c1-34-27(33)28(17-30)23(19-11-13-21(29)14-12-19)24(25(32)20-8-3-2-4-9-20)31-16-15-18-7-5-6-10-22(18)26(28)31/h2-16,23-24,26H,1H3/t23-,24+,26+,28-/m1/s1. The van der Waals surface area contributed by atoms with Crippen molar-refractivity contribution in [3.8, 4) is 6.07 Å². The van der Waals surface area contributed by atoms with Gasteiger partial charge in [0.1, 0.15) is 6.04 Å². The highest BCUT2D eigenvalue weighted by atomic mass is 79.9. The third-order valence-electron chi connectivity index (χ3n) is 6.84. The molecule has 168 valence electrons. The molecule has 0 unspecified atom stereocenters. The van der Waals surface area contributed by atoms with Gasteiger partial charge in [0.05, 0.1) is 19.2 Å². The first-order valence-electron chi connectivity index (χ1n) is 10.9. The van der Waals surface area contributed by atoms with Crippen molar-refractivity contribution in [1.82, 2.24) is 4.90 Å². The molecule has 0 spiro atoms. The lowest BCUT2D eigenvalue weighted by atomic mass is 9.66. The quantitative estimate of drug-likeness (QED) is 0.340. The van der Waals surface area contributed by atoms with Crippen molar-refractivity contribution >= 4 is 33.8 Å². The number of nitriles is 1. The number of rotatable bonds is 4. The van der Waals surface area contributed by atoms with Crippen molar-refractivity contribution in [2.45, 2.75) is 18.0 Å². The lowest BCUT2D eigenvalue weighted by Crippen LogP contribution is -2.41. The zero-order chi connectivity index (χ0) is 23.9. The number of ketones is 1. The zero-order valence-electron chi connectivity index (χ0n) is 18.4. The van der Waals surface area contributed by atoms with E-state index in [1.807, 2.05) is 83.9 Å². The van der Waals surface area contributed by atoms with Crippen molar-refractivity contribution in [2.75, 3.05) is 7.11 Å². The molecule has 0 aliphatic carbocycles. The van der Waals surface area contributed by atoms with Crippen molar-refractivity contribution in [3.63, 3.8) is 0 Å². The Balaban J connectivity index is 1.81. The van der Waals surface area contributed by atoms with Gasteiger partial charge in [-0.05, 0) is 34.9 Å². The van der Waals surface area contributed by atoms with Crippen LogP contribution < -0.4 is 0 Å². The summed E-state index contributed by atoms with van der Waals surface area (Å²) in [6.07, 6.45) is 3.77. The Kier molecular flexibility index (Phi) is 5.59.